The molecule has 1 aliphatic heterocycles. The van der Waals surface area contributed by atoms with Crippen molar-refractivity contribution >= 4 is 11.9 Å². The molecule has 0 bridgehead atoms. The summed E-state index contributed by atoms with van der Waals surface area (Å²) in [7, 11) is 0. The van der Waals surface area contributed by atoms with Gasteiger partial charge in [0.15, 0.2) is 0 Å². The van der Waals surface area contributed by atoms with E-state index in [1.54, 1.807) is 13.8 Å². The average molecular weight is 185 g/mol. The molecule has 1 heterocycles. The second kappa shape index (κ2) is 2.99. The van der Waals surface area contributed by atoms with Gasteiger partial charge < -0.3 is 10.0 Å². The van der Waals surface area contributed by atoms with Crippen LogP contribution < -0.4 is 0 Å². The summed E-state index contributed by atoms with van der Waals surface area (Å²) in [5, 5.41) is 8.79. The minimum atomic E-state index is -0.887. The van der Waals surface area contributed by atoms with E-state index >= 15 is 0 Å². The molecule has 1 rings (SSSR count). The molecule has 1 N–H and O–H groups in total. The van der Waals surface area contributed by atoms with Gasteiger partial charge in [-0.15, -0.1) is 0 Å². The van der Waals surface area contributed by atoms with Crippen molar-refractivity contribution < 1.29 is 14.7 Å². The van der Waals surface area contributed by atoms with Gasteiger partial charge in [0.1, 0.15) is 12.3 Å². The van der Waals surface area contributed by atoms with Crippen LogP contribution in [0.25, 0.3) is 0 Å². The van der Waals surface area contributed by atoms with Crippen LogP contribution >= 0.6 is 0 Å². The van der Waals surface area contributed by atoms with Crippen molar-refractivity contribution in [1.29, 1.82) is 0 Å². The molecule has 0 aliphatic carbocycles. The smallest absolute Gasteiger partial charge is 0.329 e. The number of aliphatic hydroxyl groups excluding tert-OH is 1. The number of nitrogens with zero attached hydrogens (tertiary/aromatic N) is 2. The Morgan fingerprint density at radius 1 is 1.46 bits per heavy atom. The predicted octanol–water partition coefficient (Wildman–Crippen LogP) is -0.187. The van der Waals surface area contributed by atoms with E-state index in [4.69, 9.17) is 5.11 Å². The highest BCUT2D eigenvalue weighted by Crippen LogP contribution is 2.26. The minimum absolute atomic E-state index is 0.216. The Labute approximate surface area is 76.9 Å². The highest BCUT2D eigenvalue weighted by Gasteiger charge is 2.50. The fourth-order valence-corrected chi connectivity index (χ4v) is 1.42. The lowest BCUT2D eigenvalue weighted by molar-refractivity contribution is -0.134. The van der Waals surface area contributed by atoms with Crippen molar-refractivity contribution in [3.63, 3.8) is 0 Å². The van der Waals surface area contributed by atoms with Gasteiger partial charge in [-0.2, -0.15) is 0 Å². The lowest BCUT2D eigenvalue weighted by Crippen LogP contribution is -2.44. The number of carbonyl (C=O) groups excluding carboxylic acids is 2. The number of rotatable bonds is 2. The Bertz CT molecular complexity index is 250. The van der Waals surface area contributed by atoms with Crippen molar-refractivity contribution in [2.45, 2.75) is 19.4 Å². The van der Waals surface area contributed by atoms with E-state index in [1.165, 1.54) is 4.90 Å². The maximum Gasteiger partial charge on any atom is 0.329 e. The molecule has 1 saturated heterocycles. The standard InChI is InChI=1S/C8H13N2O3/c1-4-10-7(13)9(5-11)6(12)8(10,2)3/h11H,1,4-5H2,2-3H3. The van der Waals surface area contributed by atoms with E-state index in [-0.39, 0.29) is 12.5 Å². The molecule has 5 nitrogen and oxygen atoms in total. The van der Waals surface area contributed by atoms with Crippen molar-refractivity contribution in [2.24, 2.45) is 0 Å². The normalized spacial score (nSPS) is 21.5. The molecule has 0 unspecified atom stereocenters. The molecule has 13 heavy (non-hydrogen) atoms. The fourth-order valence-electron chi connectivity index (χ4n) is 1.42. The summed E-state index contributed by atoms with van der Waals surface area (Å²) in [6, 6.07) is -0.479. The molecule has 0 aromatic carbocycles. The molecule has 1 fully saturated rings. The quantitative estimate of drug-likeness (QED) is 0.607. The average Bonchev–Trinajstić information content (AvgIpc) is 2.20. The third-order valence-corrected chi connectivity index (χ3v) is 2.27. The summed E-state index contributed by atoms with van der Waals surface area (Å²) < 4.78 is 0. The van der Waals surface area contributed by atoms with E-state index in [9.17, 15) is 9.59 Å². The molecular formula is C8H13N2O3. The van der Waals surface area contributed by atoms with E-state index in [0.717, 1.165) is 4.90 Å². The highest BCUT2D eigenvalue weighted by atomic mass is 16.3. The number of hydrogen-bond acceptors (Lipinski definition) is 3. The van der Waals surface area contributed by atoms with Crippen molar-refractivity contribution in [3.8, 4) is 0 Å². The van der Waals surface area contributed by atoms with Gasteiger partial charge in [0.05, 0.1) is 0 Å². The Morgan fingerprint density at radius 3 is 2.23 bits per heavy atom. The monoisotopic (exact) mass is 185 g/mol. The Morgan fingerprint density at radius 2 is 2.00 bits per heavy atom. The third kappa shape index (κ3) is 1.19. The van der Waals surface area contributed by atoms with Crippen LogP contribution in [0.15, 0.2) is 0 Å². The molecule has 73 valence electrons. The summed E-state index contributed by atoms with van der Waals surface area (Å²) in [5.74, 6) is -0.386. The van der Waals surface area contributed by atoms with Gasteiger partial charge in [0.2, 0.25) is 0 Å². The fraction of sp³-hybridized carbons (Fsp3) is 0.625. The van der Waals surface area contributed by atoms with Crippen molar-refractivity contribution in [2.75, 3.05) is 13.3 Å². The molecule has 1 aliphatic rings. The first-order valence-electron chi connectivity index (χ1n) is 4.00. The van der Waals surface area contributed by atoms with Gasteiger partial charge in [-0.1, -0.05) is 0 Å². The van der Waals surface area contributed by atoms with Crippen LogP contribution in [0, 0.1) is 6.92 Å². The Kier molecular flexibility index (Phi) is 2.30. The molecule has 3 amide bonds. The number of urea groups is 1. The number of amides is 3. The minimum Gasteiger partial charge on any atom is -0.376 e. The second-order valence-electron chi connectivity index (χ2n) is 3.37. The van der Waals surface area contributed by atoms with Crippen molar-refractivity contribution in [1.82, 2.24) is 9.80 Å². The molecule has 1 radical (unpaired) electrons. The summed E-state index contributed by atoms with van der Waals surface area (Å²) >= 11 is 0. The van der Waals surface area contributed by atoms with E-state index in [0.29, 0.717) is 0 Å². The molecular weight excluding hydrogens is 172 g/mol. The first kappa shape index (κ1) is 9.98. The number of aliphatic hydroxyl groups is 1. The zero-order valence-corrected chi connectivity index (χ0v) is 7.78. The van der Waals surface area contributed by atoms with Crippen molar-refractivity contribution in [3.05, 3.63) is 6.92 Å². The van der Waals surface area contributed by atoms with Gasteiger partial charge in [-0.3, -0.25) is 4.79 Å². The maximum absolute atomic E-state index is 11.5. The van der Waals surface area contributed by atoms with Crippen LogP contribution in [0.3, 0.4) is 0 Å². The number of hydrogen-bond donors (Lipinski definition) is 1. The lowest BCUT2D eigenvalue weighted by Gasteiger charge is -2.25. The summed E-state index contributed by atoms with van der Waals surface area (Å²) in [4.78, 5) is 25.1. The van der Waals surface area contributed by atoms with Crippen LogP contribution in [0.5, 0.6) is 0 Å². The first-order valence-corrected chi connectivity index (χ1v) is 4.00. The highest BCUT2D eigenvalue weighted by molar-refractivity contribution is 6.06. The van der Waals surface area contributed by atoms with E-state index in [1.807, 2.05) is 0 Å². The largest absolute Gasteiger partial charge is 0.376 e. The van der Waals surface area contributed by atoms with Crippen LogP contribution in [0.2, 0.25) is 0 Å². The van der Waals surface area contributed by atoms with E-state index in [2.05, 4.69) is 6.92 Å². The zero-order chi connectivity index (χ0) is 10.2. The molecule has 0 saturated carbocycles. The zero-order valence-electron chi connectivity index (χ0n) is 7.78. The number of imide groups is 1. The Hall–Kier alpha value is -1.10. The molecule has 0 aromatic rings. The van der Waals surface area contributed by atoms with Gasteiger partial charge >= 0.3 is 6.03 Å². The molecule has 0 atom stereocenters. The van der Waals surface area contributed by atoms with Gasteiger partial charge in [-0.05, 0) is 20.8 Å². The second-order valence-corrected chi connectivity index (χ2v) is 3.37. The number of carbonyl (C=O) groups is 2. The molecule has 0 spiro atoms. The van der Waals surface area contributed by atoms with Crippen LogP contribution in [-0.4, -0.2) is 45.7 Å². The van der Waals surface area contributed by atoms with Gasteiger partial charge in [0.25, 0.3) is 5.91 Å². The third-order valence-electron chi connectivity index (χ3n) is 2.27. The topological polar surface area (TPSA) is 60.9 Å². The van der Waals surface area contributed by atoms with E-state index < -0.39 is 18.3 Å². The molecule has 5 heteroatoms. The summed E-state index contributed by atoms with van der Waals surface area (Å²) in [6.45, 7) is 6.47. The lowest BCUT2D eigenvalue weighted by atomic mass is 10.0. The van der Waals surface area contributed by atoms with Gasteiger partial charge in [-0.25, -0.2) is 9.69 Å². The molecule has 0 aromatic heterocycles. The predicted molar refractivity (Wildman–Crippen MR) is 45.5 cm³/mol. The summed E-state index contributed by atoms with van der Waals surface area (Å²) in [6.07, 6.45) is 0. The van der Waals surface area contributed by atoms with Crippen LogP contribution in [0.1, 0.15) is 13.8 Å². The SMILES string of the molecule is [CH2]CN1C(=O)N(CO)C(=O)C1(C)C. The van der Waals surface area contributed by atoms with Crippen LogP contribution in [-0.2, 0) is 4.79 Å². The maximum atomic E-state index is 11.5. The first-order chi connectivity index (χ1) is 5.96. The van der Waals surface area contributed by atoms with Gasteiger partial charge in [0, 0.05) is 6.54 Å². The summed E-state index contributed by atoms with van der Waals surface area (Å²) in [5.41, 5.74) is -0.887. The Balaban J connectivity index is 3.03. The van der Waals surface area contributed by atoms with Crippen LogP contribution in [0.4, 0.5) is 4.79 Å².